The molecule has 0 aromatic carbocycles. The third-order valence-corrected chi connectivity index (χ3v) is 4.80. The highest BCUT2D eigenvalue weighted by molar-refractivity contribution is 6.30. The van der Waals surface area contributed by atoms with Gasteiger partial charge in [-0.2, -0.15) is 0 Å². The predicted octanol–water partition coefficient (Wildman–Crippen LogP) is 1.33. The minimum absolute atomic E-state index is 0.0540. The molecule has 0 bridgehead atoms. The van der Waals surface area contributed by atoms with E-state index in [1.54, 1.807) is 0 Å². The number of carbonyl (C=O) groups excluding carboxylic acids is 1. The predicted molar refractivity (Wildman–Crippen MR) is 92.9 cm³/mol. The van der Waals surface area contributed by atoms with Gasteiger partial charge in [-0.1, -0.05) is 12.1 Å². The second-order valence-electron chi connectivity index (χ2n) is 7.84. The van der Waals surface area contributed by atoms with Crippen LogP contribution < -0.4 is 10.3 Å². The summed E-state index contributed by atoms with van der Waals surface area (Å²) in [5.41, 5.74) is 1.32. The Labute approximate surface area is 145 Å². The molecule has 2 aliphatic heterocycles. The average Bonchev–Trinajstić information content (AvgIpc) is 2.83. The smallest absolute Gasteiger partial charge is 0.307 e. The van der Waals surface area contributed by atoms with Gasteiger partial charge in [-0.25, -0.2) is 4.98 Å². The number of aromatic nitrogens is 1. The molecule has 0 aliphatic carbocycles. The first kappa shape index (κ1) is 17.3. The van der Waals surface area contributed by atoms with Gasteiger partial charge in [0.15, 0.2) is 0 Å². The average molecular weight is 328 g/mol. The fraction of sp³-hybridized carbons (Fsp3) is 0.667. The van der Waals surface area contributed by atoms with Gasteiger partial charge in [-0.05, 0) is 52.3 Å². The van der Waals surface area contributed by atoms with Crippen LogP contribution in [0.2, 0.25) is 0 Å². The lowest BCUT2D eigenvalue weighted by atomic mass is 9.74. The quantitative estimate of drug-likeness (QED) is 0.619. The van der Waals surface area contributed by atoms with E-state index in [2.05, 4.69) is 16.0 Å². The Bertz CT molecular complexity index is 619. The Kier molecular flexibility index (Phi) is 4.60. The number of likely N-dealkylation sites (tertiary alicyclic amines) is 1. The van der Waals surface area contributed by atoms with Gasteiger partial charge in [0.25, 0.3) is 0 Å². The molecule has 128 valence electrons. The molecular formula is C18H25BN2O3. The van der Waals surface area contributed by atoms with Gasteiger partial charge >= 0.3 is 5.97 Å². The second-order valence-corrected chi connectivity index (χ2v) is 7.84. The van der Waals surface area contributed by atoms with Crippen molar-refractivity contribution in [3.05, 3.63) is 17.7 Å². The van der Waals surface area contributed by atoms with Gasteiger partial charge in [-0.3, -0.25) is 4.79 Å². The molecule has 0 unspecified atom stereocenters. The molecule has 2 radical (unpaired) electrons. The Hall–Kier alpha value is -1.56. The fourth-order valence-corrected chi connectivity index (χ4v) is 3.51. The van der Waals surface area contributed by atoms with Crippen molar-refractivity contribution < 1.29 is 14.3 Å². The Morgan fingerprint density at radius 1 is 1.38 bits per heavy atom. The molecular weight excluding hydrogens is 303 g/mol. The van der Waals surface area contributed by atoms with Gasteiger partial charge in [0.1, 0.15) is 13.4 Å². The topological polar surface area (TPSA) is 51.7 Å². The SMILES string of the molecule is [B]c1ccc2c(n1)OCC21CCN(CCC(=O)OC(C)(C)C)CC1. The number of esters is 1. The monoisotopic (exact) mass is 328 g/mol. The number of hydrogen-bond acceptors (Lipinski definition) is 5. The standard InChI is InChI=1S/C18H25BN2O3/c1-17(2,3)24-15(22)6-9-21-10-7-18(8-11-21)12-23-16-13(18)4-5-14(19)20-16/h4-5H,6-12H2,1-3H3. The van der Waals surface area contributed by atoms with Crippen LogP contribution in [0.4, 0.5) is 0 Å². The number of piperidine rings is 1. The van der Waals surface area contributed by atoms with Crippen molar-refractivity contribution >= 4 is 19.4 Å². The van der Waals surface area contributed by atoms with Crippen molar-refractivity contribution in [2.24, 2.45) is 0 Å². The number of nitrogens with zero attached hydrogens (tertiary/aromatic N) is 2. The Morgan fingerprint density at radius 3 is 2.75 bits per heavy atom. The summed E-state index contributed by atoms with van der Waals surface area (Å²) in [6.07, 6.45) is 2.47. The minimum Gasteiger partial charge on any atom is -0.477 e. The normalized spacial score (nSPS) is 19.8. The van der Waals surface area contributed by atoms with E-state index >= 15 is 0 Å². The molecule has 0 atom stereocenters. The fourth-order valence-electron chi connectivity index (χ4n) is 3.51. The highest BCUT2D eigenvalue weighted by atomic mass is 16.6. The van der Waals surface area contributed by atoms with Gasteiger partial charge in [0.2, 0.25) is 5.88 Å². The molecule has 1 aromatic rings. The molecule has 5 nitrogen and oxygen atoms in total. The van der Waals surface area contributed by atoms with E-state index in [1.165, 1.54) is 5.56 Å². The van der Waals surface area contributed by atoms with Crippen LogP contribution in [0.15, 0.2) is 12.1 Å². The summed E-state index contributed by atoms with van der Waals surface area (Å²) in [6, 6.07) is 3.91. The third-order valence-electron chi connectivity index (χ3n) is 4.80. The maximum absolute atomic E-state index is 11.9. The number of carbonyl (C=O) groups is 1. The number of rotatable bonds is 3. The van der Waals surface area contributed by atoms with Crippen LogP contribution in [0.1, 0.15) is 45.6 Å². The lowest BCUT2D eigenvalue weighted by Gasteiger charge is -2.38. The molecule has 1 fully saturated rings. The van der Waals surface area contributed by atoms with Crippen LogP contribution >= 0.6 is 0 Å². The molecule has 0 saturated carbocycles. The van der Waals surface area contributed by atoms with E-state index < -0.39 is 5.60 Å². The van der Waals surface area contributed by atoms with Gasteiger partial charge in [0, 0.05) is 17.5 Å². The van der Waals surface area contributed by atoms with E-state index in [0.717, 1.165) is 32.5 Å². The molecule has 1 spiro atoms. The van der Waals surface area contributed by atoms with Gasteiger partial charge < -0.3 is 14.4 Å². The van der Waals surface area contributed by atoms with E-state index in [-0.39, 0.29) is 11.4 Å². The van der Waals surface area contributed by atoms with Gasteiger partial charge in [0.05, 0.1) is 13.0 Å². The maximum Gasteiger partial charge on any atom is 0.307 e. The molecule has 3 heterocycles. The van der Waals surface area contributed by atoms with E-state index in [0.29, 0.717) is 24.5 Å². The minimum atomic E-state index is -0.414. The maximum atomic E-state index is 11.9. The van der Waals surface area contributed by atoms with Crippen LogP contribution in [0.3, 0.4) is 0 Å². The molecule has 0 amide bonds. The van der Waals surface area contributed by atoms with Gasteiger partial charge in [-0.15, -0.1) is 0 Å². The van der Waals surface area contributed by atoms with Crippen LogP contribution in [0.5, 0.6) is 5.88 Å². The Balaban J connectivity index is 1.53. The highest BCUT2D eigenvalue weighted by Gasteiger charge is 2.43. The molecule has 2 aliphatic rings. The summed E-state index contributed by atoms with van der Waals surface area (Å²) in [5.74, 6) is 0.564. The summed E-state index contributed by atoms with van der Waals surface area (Å²) >= 11 is 0. The Morgan fingerprint density at radius 2 is 2.08 bits per heavy atom. The summed E-state index contributed by atoms with van der Waals surface area (Å²) in [4.78, 5) is 18.5. The lowest BCUT2D eigenvalue weighted by molar-refractivity contribution is -0.155. The second kappa shape index (κ2) is 6.39. The van der Waals surface area contributed by atoms with Crippen molar-refractivity contribution in [1.29, 1.82) is 0 Å². The summed E-state index contributed by atoms with van der Waals surface area (Å²) in [6.45, 7) is 9.03. The number of fused-ring (bicyclic) bond motifs is 2. The summed E-state index contributed by atoms with van der Waals surface area (Å²) < 4.78 is 11.2. The zero-order valence-corrected chi connectivity index (χ0v) is 14.8. The largest absolute Gasteiger partial charge is 0.477 e. The van der Waals surface area contributed by atoms with Crippen molar-refractivity contribution in [2.45, 2.75) is 51.0 Å². The van der Waals surface area contributed by atoms with Crippen molar-refractivity contribution in [3.8, 4) is 5.88 Å². The van der Waals surface area contributed by atoms with Crippen molar-refractivity contribution in [1.82, 2.24) is 9.88 Å². The van der Waals surface area contributed by atoms with E-state index in [9.17, 15) is 4.79 Å². The molecule has 0 N–H and O–H groups in total. The first-order valence-electron chi connectivity index (χ1n) is 8.61. The van der Waals surface area contributed by atoms with Crippen LogP contribution in [-0.4, -0.2) is 55.5 Å². The van der Waals surface area contributed by atoms with Crippen LogP contribution in [0, 0.1) is 0 Å². The van der Waals surface area contributed by atoms with Crippen molar-refractivity contribution in [2.75, 3.05) is 26.2 Å². The molecule has 1 saturated heterocycles. The summed E-state index contributed by atoms with van der Waals surface area (Å²) in [5, 5.41) is 0. The zero-order chi connectivity index (χ0) is 17.4. The molecule has 1 aromatic heterocycles. The van der Waals surface area contributed by atoms with E-state index in [1.807, 2.05) is 26.8 Å². The highest BCUT2D eigenvalue weighted by Crippen LogP contribution is 2.43. The first-order valence-corrected chi connectivity index (χ1v) is 8.61. The first-order chi connectivity index (χ1) is 11.3. The molecule has 6 heteroatoms. The number of pyridine rings is 1. The third kappa shape index (κ3) is 3.74. The van der Waals surface area contributed by atoms with Crippen LogP contribution in [-0.2, 0) is 14.9 Å². The lowest BCUT2D eigenvalue weighted by Crippen LogP contribution is -2.44. The van der Waals surface area contributed by atoms with E-state index in [4.69, 9.17) is 17.3 Å². The molecule has 3 rings (SSSR count). The zero-order valence-electron chi connectivity index (χ0n) is 14.8. The van der Waals surface area contributed by atoms with Crippen LogP contribution in [0.25, 0.3) is 0 Å². The van der Waals surface area contributed by atoms with Crippen molar-refractivity contribution in [3.63, 3.8) is 0 Å². The molecule has 24 heavy (non-hydrogen) atoms. The number of hydrogen-bond donors (Lipinski definition) is 0. The number of ether oxygens (including phenoxy) is 2. The summed E-state index contributed by atoms with van der Waals surface area (Å²) in [7, 11) is 5.74.